The molecule has 4 atom stereocenters. The minimum Gasteiger partial charge on any atom is -0.462 e. The molecular formula is C30H37ClN6O. The summed E-state index contributed by atoms with van der Waals surface area (Å²) in [5.74, 6) is 1.79. The molecule has 0 spiro atoms. The van der Waals surface area contributed by atoms with Crippen molar-refractivity contribution < 1.29 is 4.74 Å². The number of likely N-dealkylation sites (N-methyl/N-ethyl adjacent to an activating group) is 1. The number of hydrogen-bond acceptors (Lipinski definition) is 7. The van der Waals surface area contributed by atoms with Gasteiger partial charge < -0.3 is 24.8 Å². The van der Waals surface area contributed by atoms with E-state index in [2.05, 4.69) is 58.3 Å². The Balaban J connectivity index is 1.23. The van der Waals surface area contributed by atoms with Crippen molar-refractivity contribution in [3.63, 3.8) is 0 Å². The van der Waals surface area contributed by atoms with Crippen LogP contribution in [0.3, 0.4) is 0 Å². The highest BCUT2D eigenvalue weighted by molar-refractivity contribution is 6.36. The largest absolute Gasteiger partial charge is 0.462 e. The van der Waals surface area contributed by atoms with Crippen LogP contribution in [0.25, 0.3) is 10.8 Å². The van der Waals surface area contributed by atoms with Crippen LogP contribution in [0.4, 0.5) is 11.5 Å². The number of fused-ring (bicyclic) bond motifs is 4. The van der Waals surface area contributed by atoms with Gasteiger partial charge in [0.25, 0.3) is 0 Å². The van der Waals surface area contributed by atoms with Crippen LogP contribution in [0.2, 0.25) is 5.02 Å². The van der Waals surface area contributed by atoms with Gasteiger partial charge in [-0.05, 0) is 62.7 Å². The Bertz CT molecular complexity index is 1340. The fraction of sp³-hybridized carbons (Fsp3) is 0.533. The molecule has 8 heteroatoms. The van der Waals surface area contributed by atoms with E-state index >= 15 is 0 Å². The Kier molecular flexibility index (Phi) is 6.33. The third-order valence-corrected chi connectivity index (χ3v) is 9.54. The van der Waals surface area contributed by atoms with E-state index in [9.17, 15) is 0 Å². The van der Waals surface area contributed by atoms with Gasteiger partial charge in [-0.3, -0.25) is 0 Å². The third-order valence-electron chi connectivity index (χ3n) is 9.22. The zero-order valence-electron chi connectivity index (χ0n) is 22.4. The summed E-state index contributed by atoms with van der Waals surface area (Å²) < 4.78 is 6.33. The molecule has 200 valence electrons. The van der Waals surface area contributed by atoms with E-state index in [1.54, 1.807) is 0 Å². The first-order valence-corrected chi connectivity index (χ1v) is 14.6. The van der Waals surface area contributed by atoms with Gasteiger partial charge in [0.05, 0.1) is 17.3 Å². The van der Waals surface area contributed by atoms with Gasteiger partial charge in [0.2, 0.25) is 0 Å². The summed E-state index contributed by atoms with van der Waals surface area (Å²) in [7, 11) is 2.19. The molecular weight excluding hydrogens is 496 g/mol. The monoisotopic (exact) mass is 532 g/mol. The third kappa shape index (κ3) is 4.38. The van der Waals surface area contributed by atoms with Gasteiger partial charge in [-0.15, -0.1) is 0 Å². The normalized spacial score (nSPS) is 27.2. The summed E-state index contributed by atoms with van der Waals surface area (Å²) in [6, 6.07) is 14.6. The predicted octanol–water partition coefficient (Wildman–Crippen LogP) is 4.51. The number of hydrogen-bond donors (Lipinski definition) is 1. The lowest BCUT2D eigenvalue weighted by Gasteiger charge is -2.38. The van der Waals surface area contributed by atoms with Gasteiger partial charge in [0, 0.05) is 54.4 Å². The smallest absolute Gasteiger partial charge is 0.318 e. The van der Waals surface area contributed by atoms with E-state index in [4.69, 9.17) is 26.3 Å². The predicted molar refractivity (Wildman–Crippen MR) is 154 cm³/mol. The molecule has 38 heavy (non-hydrogen) atoms. The molecule has 1 aromatic heterocycles. The van der Waals surface area contributed by atoms with Gasteiger partial charge in [-0.1, -0.05) is 42.8 Å². The number of aromatic nitrogens is 2. The molecule has 5 heterocycles. The number of anilines is 2. The number of halogens is 1. The molecule has 4 aliphatic heterocycles. The molecule has 3 saturated heterocycles. The average Bonchev–Trinajstić information content (AvgIpc) is 3.46. The summed E-state index contributed by atoms with van der Waals surface area (Å²) in [5, 5.41) is 6.88. The quantitative estimate of drug-likeness (QED) is 0.519. The van der Waals surface area contributed by atoms with Crippen molar-refractivity contribution in [1.82, 2.24) is 20.2 Å². The zero-order chi connectivity index (χ0) is 25.8. The molecule has 7 nitrogen and oxygen atoms in total. The molecule has 7 rings (SSSR count). The second-order valence-electron chi connectivity index (χ2n) is 11.7. The molecule has 0 radical (unpaired) electrons. The number of rotatable bonds is 5. The molecule has 1 N–H and O–H groups in total. The SMILES string of the molecule is C[C@H]1C[C@@H]2CN(c3nc(OC[C@@H]4CCCN4C)nc4c3CCN(c3cccc5cccc(Cl)c35)C4)CC1N2. The number of piperazine rings is 1. The van der Waals surface area contributed by atoms with Crippen LogP contribution in [0, 0.1) is 5.92 Å². The van der Waals surface area contributed by atoms with Crippen LogP contribution in [-0.4, -0.2) is 72.8 Å². The maximum atomic E-state index is 6.70. The van der Waals surface area contributed by atoms with E-state index in [0.29, 0.717) is 36.7 Å². The number of likely N-dealkylation sites (tertiary alicyclic amines) is 1. The molecule has 4 aliphatic rings. The second-order valence-corrected chi connectivity index (χ2v) is 12.1. The van der Waals surface area contributed by atoms with Crippen molar-refractivity contribution in [2.45, 2.75) is 57.3 Å². The fourth-order valence-electron chi connectivity index (χ4n) is 7.08. The first-order chi connectivity index (χ1) is 18.5. The summed E-state index contributed by atoms with van der Waals surface area (Å²) in [6.07, 6.45) is 4.54. The van der Waals surface area contributed by atoms with Crippen LogP contribution in [0.5, 0.6) is 6.01 Å². The van der Waals surface area contributed by atoms with Crippen LogP contribution in [0.15, 0.2) is 36.4 Å². The van der Waals surface area contributed by atoms with Gasteiger partial charge >= 0.3 is 6.01 Å². The van der Waals surface area contributed by atoms with Crippen LogP contribution < -0.4 is 19.9 Å². The maximum absolute atomic E-state index is 6.70. The first-order valence-electron chi connectivity index (χ1n) is 14.2. The lowest BCUT2D eigenvalue weighted by molar-refractivity contribution is 0.187. The highest BCUT2D eigenvalue weighted by Crippen LogP contribution is 2.38. The Morgan fingerprint density at radius 1 is 1.08 bits per heavy atom. The van der Waals surface area contributed by atoms with Gasteiger partial charge in [-0.2, -0.15) is 9.97 Å². The number of nitrogens with one attached hydrogen (secondary N) is 1. The lowest BCUT2D eigenvalue weighted by Crippen LogP contribution is -2.52. The van der Waals surface area contributed by atoms with E-state index < -0.39 is 0 Å². The van der Waals surface area contributed by atoms with Gasteiger partial charge in [0.1, 0.15) is 12.4 Å². The maximum Gasteiger partial charge on any atom is 0.318 e. The van der Waals surface area contributed by atoms with Crippen molar-refractivity contribution in [3.8, 4) is 6.01 Å². The second kappa shape index (κ2) is 9.85. The standard InChI is InChI=1S/C30H37ClN6O/c1-19-14-21-15-37(16-25(19)32-21)29-23-11-13-36(27-10-4-7-20-6-3-9-24(31)28(20)27)17-26(23)33-30(34-29)38-18-22-8-5-12-35(22)2/h3-4,6-7,9-10,19,21-22,25,32H,5,8,11-18H2,1-2H3/t19-,21+,22-,25?/m0/s1. The number of nitrogens with zero attached hydrogens (tertiary/aromatic N) is 5. The van der Waals surface area contributed by atoms with Crippen LogP contribution in [0.1, 0.15) is 37.4 Å². The van der Waals surface area contributed by atoms with Crippen molar-refractivity contribution >= 4 is 33.9 Å². The highest BCUT2D eigenvalue weighted by Gasteiger charge is 2.39. The van der Waals surface area contributed by atoms with E-state index in [-0.39, 0.29) is 0 Å². The van der Waals surface area contributed by atoms with Crippen molar-refractivity contribution in [1.29, 1.82) is 0 Å². The fourth-order valence-corrected chi connectivity index (χ4v) is 7.36. The van der Waals surface area contributed by atoms with Crippen molar-refractivity contribution in [2.24, 2.45) is 5.92 Å². The molecule has 1 unspecified atom stereocenters. The van der Waals surface area contributed by atoms with Crippen LogP contribution >= 0.6 is 11.6 Å². The first kappa shape index (κ1) is 24.4. The molecule has 0 saturated carbocycles. The van der Waals surface area contributed by atoms with Crippen LogP contribution in [-0.2, 0) is 13.0 Å². The minimum atomic E-state index is 0.434. The molecule has 2 aromatic carbocycles. The topological polar surface area (TPSA) is 56.8 Å². The Morgan fingerprint density at radius 2 is 1.95 bits per heavy atom. The van der Waals surface area contributed by atoms with Gasteiger partial charge in [0.15, 0.2) is 0 Å². The average molecular weight is 533 g/mol. The number of benzene rings is 2. The molecule has 0 amide bonds. The summed E-state index contributed by atoms with van der Waals surface area (Å²) in [6.45, 7) is 7.78. The highest BCUT2D eigenvalue weighted by atomic mass is 35.5. The zero-order valence-corrected chi connectivity index (χ0v) is 23.1. The van der Waals surface area contributed by atoms with Gasteiger partial charge in [-0.25, -0.2) is 0 Å². The molecule has 0 aliphatic carbocycles. The van der Waals surface area contributed by atoms with Crippen molar-refractivity contribution in [2.75, 3.05) is 49.6 Å². The summed E-state index contributed by atoms with van der Waals surface area (Å²) in [4.78, 5) is 17.4. The van der Waals surface area contributed by atoms with E-state index in [1.165, 1.54) is 35.9 Å². The summed E-state index contributed by atoms with van der Waals surface area (Å²) in [5.41, 5.74) is 3.54. The number of ether oxygens (including phenoxy) is 1. The molecule has 2 bridgehead atoms. The Morgan fingerprint density at radius 3 is 2.76 bits per heavy atom. The molecule has 3 fully saturated rings. The van der Waals surface area contributed by atoms with E-state index in [1.807, 2.05) is 12.1 Å². The summed E-state index contributed by atoms with van der Waals surface area (Å²) >= 11 is 6.70. The lowest BCUT2D eigenvalue weighted by atomic mass is 10.0. The Hall–Kier alpha value is -2.61. The Labute approximate surface area is 230 Å². The van der Waals surface area contributed by atoms with E-state index in [0.717, 1.165) is 61.1 Å². The van der Waals surface area contributed by atoms with Crippen molar-refractivity contribution in [3.05, 3.63) is 52.7 Å². The molecule has 3 aromatic rings. The minimum absolute atomic E-state index is 0.434.